The monoisotopic (exact) mass is 785 g/mol. The summed E-state index contributed by atoms with van der Waals surface area (Å²) < 4.78 is 162. The molecule has 0 fully saturated rings. The first-order valence-electron chi connectivity index (χ1n) is 14.4. The predicted octanol–water partition coefficient (Wildman–Crippen LogP) is 8.94. The number of anilines is 2. The van der Waals surface area contributed by atoms with Gasteiger partial charge in [0.05, 0.1) is 24.0 Å². The summed E-state index contributed by atoms with van der Waals surface area (Å²) in [5.74, 6) is -16.9. The SMILES string of the molecule is COc1cc(-c2ccc(F)c(OCC(F)(F)F)c2)c(Cl)cc1N(C(=O)N(C)C(C)(C)C)c1ccc(S(=O)(=O)Oc2c(F)c(F)c(F)c(F)c2F)cn1. The van der Waals surface area contributed by atoms with Gasteiger partial charge in [0.25, 0.3) is 0 Å². The average molecular weight is 786 g/mol. The van der Waals surface area contributed by atoms with Crippen LogP contribution in [-0.4, -0.2) is 56.8 Å². The number of aromatic nitrogens is 1. The number of benzene rings is 3. The number of hydrogen-bond acceptors (Lipinski definition) is 7. The van der Waals surface area contributed by atoms with Crippen molar-refractivity contribution < 1.29 is 66.4 Å². The highest BCUT2D eigenvalue weighted by molar-refractivity contribution is 7.87. The first-order valence-corrected chi connectivity index (χ1v) is 16.1. The Kier molecular flexibility index (Phi) is 11.2. The van der Waals surface area contributed by atoms with Gasteiger partial charge in [0.2, 0.25) is 34.8 Å². The molecule has 9 nitrogen and oxygen atoms in total. The molecule has 52 heavy (non-hydrogen) atoms. The fourth-order valence-corrected chi connectivity index (χ4v) is 5.42. The van der Waals surface area contributed by atoms with Crippen LogP contribution in [-0.2, 0) is 10.1 Å². The number of ether oxygens (including phenoxy) is 2. The number of pyridine rings is 1. The van der Waals surface area contributed by atoms with Crippen molar-refractivity contribution in [3.63, 3.8) is 0 Å². The van der Waals surface area contributed by atoms with E-state index in [0.717, 1.165) is 29.2 Å². The van der Waals surface area contributed by atoms with Gasteiger partial charge in [0.15, 0.2) is 18.2 Å². The second-order valence-corrected chi connectivity index (χ2v) is 13.6. The van der Waals surface area contributed by atoms with Crippen LogP contribution in [0.4, 0.5) is 55.8 Å². The smallest absolute Gasteiger partial charge is 0.422 e. The van der Waals surface area contributed by atoms with E-state index in [9.17, 15) is 52.7 Å². The molecule has 1 aromatic heterocycles. The number of carbonyl (C=O) groups is 1. The maximum Gasteiger partial charge on any atom is 0.422 e. The lowest BCUT2D eigenvalue weighted by atomic mass is 10.0. The van der Waals surface area contributed by atoms with Crippen molar-refractivity contribution in [2.75, 3.05) is 25.7 Å². The molecular formula is C32H25ClF9N3O6S. The van der Waals surface area contributed by atoms with Crippen LogP contribution < -0.4 is 18.6 Å². The minimum Gasteiger partial charge on any atom is -0.495 e. The van der Waals surface area contributed by atoms with E-state index in [1.165, 1.54) is 37.3 Å². The van der Waals surface area contributed by atoms with Gasteiger partial charge in [-0.2, -0.15) is 30.4 Å². The van der Waals surface area contributed by atoms with E-state index < -0.39 is 85.8 Å². The van der Waals surface area contributed by atoms with Gasteiger partial charge in [-0.05, 0) is 62.7 Å². The Morgan fingerprint density at radius 3 is 1.98 bits per heavy atom. The Morgan fingerprint density at radius 2 is 1.46 bits per heavy atom. The van der Waals surface area contributed by atoms with E-state index in [1.54, 1.807) is 20.8 Å². The van der Waals surface area contributed by atoms with Gasteiger partial charge in [-0.1, -0.05) is 17.7 Å². The molecule has 1 heterocycles. The zero-order chi connectivity index (χ0) is 39.1. The lowest BCUT2D eigenvalue weighted by Crippen LogP contribution is -2.48. The molecule has 0 bridgehead atoms. The molecule has 4 aromatic rings. The minimum atomic E-state index is -5.30. The van der Waals surface area contributed by atoms with Gasteiger partial charge in [0.1, 0.15) is 16.5 Å². The lowest BCUT2D eigenvalue weighted by molar-refractivity contribution is -0.153. The van der Waals surface area contributed by atoms with E-state index in [-0.39, 0.29) is 33.4 Å². The molecule has 0 aliphatic heterocycles. The number of rotatable bonds is 9. The summed E-state index contributed by atoms with van der Waals surface area (Å²) in [6.07, 6.45) is -4.20. The second-order valence-electron chi connectivity index (χ2n) is 11.7. The zero-order valence-electron chi connectivity index (χ0n) is 27.3. The number of halogens is 10. The summed E-state index contributed by atoms with van der Waals surface area (Å²) in [6.45, 7) is 3.23. The minimum absolute atomic E-state index is 0.0829. The van der Waals surface area contributed by atoms with E-state index in [4.69, 9.17) is 16.3 Å². The van der Waals surface area contributed by atoms with Gasteiger partial charge < -0.3 is 18.6 Å². The van der Waals surface area contributed by atoms with E-state index in [0.29, 0.717) is 6.20 Å². The van der Waals surface area contributed by atoms with Crippen LogP contribution >= 0.6 is 11.6 Å². The number of hydrogen-bond donors (Lipinski definition) is 0. The molecule has 280 valence electrons. The van der Waals surface area contributed by atoms with Gasteiger partial charge >= 0.3 is 22.3 Å². The maximum absolute atomic E-state index is 14.3. The molecule has 0 spiro atoms. The van der Waals surface area contributed by atoms with Crippen LogP contribution in [0.25, 0.3) is 11.1 Å². The van der Waals surface area contributed by atoms with Crippen LogP contribution in [0.2, 0.25) is 5.02 Å². The lowest BCUT2D eigenvalue weighted by Gasteiger charge is -2.36. The Labute approximate surface area is 295 Å². The first-order chi connectivity index (χ1) is 24.0. The summed E-state index contributed by atoms with van der Waals surface area (Å²) in [7, 11) is -2.70. The predicted molar refractivity (Wildman–Crippen MR) is 168 cm³/mol. The Hall–Kier alpha value is -4.91. The quantitative estimate of drug-likeness (QED) is 0.0724. The number of methoxy groups -OCH3 is 1. The first kappa shape index (κ1) is 39.9. The number of amides is 2. The molecule has 2 amide bonds. The van der Waals surface area contributed by atoms with Crippen LogP contribution in [0.5, 0.6) is 17.2 Å². The van der Waals surface area contributed by atoms with Crippen molar-refractivity contribution in [1.82, 2.24) is 9.88 Å². The van der Waals surface area contributed by atoms with Crippen molar-refractivity contribution in [2.45, 2.75) is 37.4 Å². The fourth-order valence-electron chi connectivity index (χ4n) is 4.27. The van der Waals surface area contributed by atoms with Gasteiger partial charge in [-0.15, -0.1) is 0 Å². The number of nitrogens with zero attached hydrogens (tertiary/aromatic N) is 3. The molecule has 4 rings (SSSR count). The third-order valence-electron chi connectivity index (χ3n) is 7.23. The number of alkyl halides is 3. The summed E-state index contributed by atoms with van der Waals surface area (Å²) >= 11 is 6.58. The number of urea groups is 1. The van der Waals surface area contributed by atoms with Crippen molar-refractivity contribution in [3.05, 3.63) is 88.6 Å². The molecule has 0 atom stereocenters. The number of carbonyl (C=O) groups excluding carboxylic acids is 1. The van der Waals surface area contributed by atoms with Gasteiger partial charge in [-0.25, -0.2) is 32.2 Å². The van der Waals surface area contributed by atoms with Gasteiger partial charge in [-0.3, -0.25) is 0 Å². The highest BCUT2D eigenvalue weighted by atomic mass is 35.5. The highest BCUT2D eigenvalue weighted by Gasteiger charge is 2.34. The molecule has 0 N–H and O–H groups in total. The molecular weight excluding hydrogens is 761 g/mol. The third-order valence-corrected chi connectivity index (χ3v) is 8.75. The largest absolute Gasteiger partial charge is 0.495 e. The Bertz CT molecular complexity index is 2100. The molecule has 3 aromatic carbocycles. The van der Waals surface area contributed by atoms with Crippen LogP contribution in [0.1, 0.15) is 20.8 Å². The van der Waals surface area contributed by atoms with E-state index >= 15 is 0 Å². The standard InChI is InChI=1S/C32H25ClF9N3O6S/c1-31(2,3)44(4)30(46)45(23-9-7-16(13-43-23)52(47,48)51-29-27(38)25(36)24(35)26(37)28(29)39)20-12-18(33)17(11-22(20)49-5)15-6-8-19(34)21(10-15)50-14-32(40,41)42/h6-13H,14H2,1-5H3. The molecule has 0 radical (unpaired) electrons. The normalized spacial score (nSPS) is 12.1. The van der Waals surface area contributed by atoms with E-state index in [1.807, 2.05) is 0 Å². The van der Waals surface area contributed by atoms with Crippen LogP contribution in [0.3, 0.4) is 0 Å². The summed E-state index contributed by atoms with van der Waals surface area (Å²) in [4.78, 5) is 19.2. The Balaban J connectivity index is 1.81. The fraction of sp³-hybridized carbons (Fsp3) is 0.250. The summed E-state index contributed by atoms with van der Waals surface area (Å²) in [5, 5.41) is -0.143. The van der Waals surface area contributed by atoms with Crippen molar-refractivity contribution in [1.29, 1.82) is 0 Å². The molecule has 0 unspecified atom stereocenters. The molecule has 0 saturated heterocycles. The van der Waals surface area contributed by atoms with E-state index in [2.05, 4.69) is 13.9 Å². The molecule has 0 aliphatic rings. The summed E-state index contributed by atoms with van der Waals surface area (Å²) in [5.41, 5.74) is -0.790. The molecule has 0 saturated carbocycles. The second kappa shape index (κ2) is 14.6. The third kappa shape index (κ3) is 8.25. The van der Waals surface area contributed by atoms with Gasteiger partial charge in [0, 0.05) is 18.2 Å². The van der Waals surface area contributed by atoms with Crippen molar-refractivity contribution in [2.24, 2.45) is 0 Å². The maximum atomic E-state index is 14.3. The molecule has 20 heteroatoms. The van der Waals surface area contributed by atoms with Crippen LogP contribution in [0.15, 0.2) is 53.6 Å². The summed E-state index contributed by atoms with van der Waals surface area (Å²) in [6, 6.07) is 6.36. The van der Waals surface area contributed by atoms with Crippen molar-refractivity contribution in [3.8, 4) is 28.4 Å². The highest BCUT2D eigenvalue weighted by Crippen LogP contribution is 2.43. The van der Waals surface area contributed by atoms with Crippen LogP contribution in [0, 0.1) is 34.9 Å². The zero-order valence-corrected chi connectivity index (χ0v) is 28.9. The van der Waals surface area contributed by atoms with Crippen molar-refractivity contribution >= 4 is 39.3 Å². The average Bonchev–Trinajstić information content (AvgIpc) is 3.07. The Morgan fingerprint density at radius 1 is 0.865 bits per heavy atom. The molecule has 0 aliphatic carbocycles. The topological polar surface area (TPSA) is 98.3 Å².